The molecule has 6 heteroatoms. The molecule has 1 saturated heterocycles. The third-order valence-electron chi connectivity index (χ3n) is 5.87. The van der Waals surface area contributed by atoms with E-state index >= 15 is 0 Å². The minimum atomic E-state index is -0.399. The van der Waals surface area contributed by atoms with Crippen LogP contribution in [0.25, 0.3) is 16.9 Å². The van der Waals surface area contributed by atoms with Gasteiger partial charge in [-0.05, 0) is 30.4 Å². The maximum Gasteiger partial charge on any atom is 0.243 e. The van der Waals surface area contributed by atoms with Crippen molar-refractivity contribution >= 4 is 11.8 Å². The molecule has 4 rings (SSSR count). The van der Waals surface area contributed by atoms with Crippen molar-refractivity contribution in [2.24, 2.45) is 5.41 Å². The van der Waals surface area contributed by atoms with Gasteiger partial charge in [0.25, 0.3) is 0 Å². The molecule has 1 atom stereocenters. The lowest BCUT2D eigenvalue weighted by molar-refractivity contribution is -0.139. The molecular formula is C27H32N4O2. The van der Waals surface area contributed by atoms with E-state index in [4.69, 9.17) is 5.10 Å². The number of hydrogen-bond donors (Lipinski definition) is 1. The molecule has 0 saturated carbocycles. The molecule has 2 aromatic carbocycles. The number of nitrogens with zero attached hydrogens (tertiary/aromatic N) is 3. The Morgan fingerprint density at radius 1 is 1.03 bits per heavy atom. The maximum atomic E-state index is 13.1. The fourth-order valence-electron chi connectivity index (χ4n) is 4.28. The number of carbonyl (C=O) groups is 2. The third kappa shape index (κ3) is 5.51. The summed E-state index contributed by atoms with van der Waals surface area (Å²) in [5.74, 6) is -0.0387. The lowest BCUT2D eigenvalue weighted by Crippen LogP contribution is -2.46. The highest BCUT2D eigenvalue weighted by Gasteiger charge is 2.35. The minimum absolute atomic E-state index is 0.0574. The van der Waals surface area contributed by atoms with Crippen LogP contribution >= 0.6 is 0 Å². The summed E-state index contributed by atoms with van der Waals surface area (Å²) < 4.78 is 1.85. The van der Waals surface area contributed by atoms with Crippen LogP contribution in [0.4, 0.5) is 0 Å². The first-order valence-electron chi connectivity index (χ1n) is 11.6. The molecular weight excluding hydrogens is 412 g/mol. The zero-order chi connectivity index (χ0) is 23.4. The first kappa shape index (κ1) is 22.8. The number of amides is 2. The molecule has 6 nitrogen and oxygen atoms in total. The van der Waals surface area contributed by atoms with Crippen molar-refractivity contribution in [3.63, 3.8) is 0 Å². The van der Waals surface area contributed by atoms with Crippen LogP contribution in [0.1, 0.15) is 45.6 Å². The van der Waals surface area contributed by atoms with Gasteiger partial charge in [0.1, 0.15) is 6.04 Å². The predicted octanol–water partition coefficient (Wildman–Crippen LogP) is 4.58. The quantitative estimate of drug-likeness (QED) is 0.605. The summed E-state index contributed by atoms with van der Waals surface area (Å²) in [6.45, 7) is 7.14. The van der Waals surface area contributed by atoms with Gasteiger partial charge in [0, 0.05) is 36.8 Å². The van der Waals surface area contributed by atoms with Gasteiger partial charge in [-0.15, -0.1) is 0 Å². The lowest BCUT2D eigenvalue weighted by Gasteiger charge is -2.27. The topological polar surface area (TPSA) is 67.2 Å². The van der Waals surface area contributed by atoms with Crippen molar-refractivity contribution in [3.8, 4) is 16.9 Å². The second kappa shape index (κ2) is 9.61. The Kier molecular flexibility index (Phi) is 6.63. The Morgan fingerprint density at radius 2 is 1.70 bits per heavy atom. The van der Waals surface area contributed by atoms with Gasteiger partial charge in [0.2, 0.25) is 11.8 Å². The zero-order valence-corrected chi connectivity index (χ0v) is 19.6. The van der Waals surface area contributed by atoms with E-state index in [0.717, 1.165) is 28.9 Å². The van der Waals surface area contributed by atoms with Gasteiger partial charge in [-0.1, -0.05) is 69.3 Å². The monoisotopic (exact) mass is 444 g/mol. The highest BCUT2D eigenvalue weighted by molar-refractivity contribution is 5.88. The van der Waals surface area contributed by atoms with Crippen LogP contribution in [-0.4, -0.2) is 39.1 Å². The Bertz CT molecular complexity index is 1100. The second-order valence-electron chi connectivity index (χ2n) is 9.85. The van der Waals surface area contributed by atoms with E-state index in [-0.39, 0.29) is 17.2 Å². The average Bonchev–Trinajstić information content (AvgIpc) is 3.45. The summed E-state index contributed by atoms with van der Waals surface area (Å²) in [5, 5.41) is 7.89. The molecule has 3 aromatic rings. The third-order valence-corrected chi connectivity index (χ3v) is 5.87. The van der Waals surface area contributed by atoms with Crippen molar-refractivity contribution < 1.29 is 9.59 Å². The molecule has 1 unspecified atom stereocenters. The number of likely N-dealkylation sites (tertiary alicyclic amines) is 1. The first-order chi connectivity index (χ1) is 15.8. The van der Waals surface area contributed by atoms with Crippen molar-refractivity contribution in [2.75, 3.05) is 6.54 Å². The molecule has 172 valence electrons. The number of rotatable bonds is 6. The largest absolute Gasteiger partial charge is 0.350 e. The second-order valence-corrected chi connectivity index (χ2v) is 9.85. The summed E-state index contributed by atoms with van der Waals surface area (Å²) in [6.07, 6.45) is 3.97. The molecule has 1 fully saturated rings. The molecule has 0 spiro atoms. The van der Waals surface area contributed by atoms with E-state index in [1.807, 2.05) is 92.3 Å². The predicted molar refractivity (Wildman–Crippen MR) is 130 cm³/mol. The molecule has 1 aromatic heterocycles. The first-order valence-corrected chi connectivity index (χ1v) is 11.6. The Labute approximate surface area is 195 Å². The van der Waals surface area contributed by atoms with E-state index in [9.17, 15) is 9.59 Å². The van der Waals surface area contributed by atoms with Crippen LogP contribution < -0.4 is 5.32 Å². The van der Waals surface area contributed by atoms with Crippen LogP contribution in [0.15, 0.2) is 66.9 Å². The average molecular weight is 445 g/mol. The van der Waals surface area contributed by atoms with Crippen molar-refractivity contribution in [2.45, 2.75) is 52.6 Å². The lowest BCUT2D eigenvalue weighted by atomic mass is 9.91. The van der Waals surface area contributed by atoms with E-state index in [0.29, 0.717) is 25.9 Å². The fraction of sp³-hybridized carbons (Fsp3) is 0.370. The minimum Gasteiger partial charge on any atom is -0.350 e. The molecule has 2 amide bonds. The molecule has 1 aliphatic heterocycles. The number of aromatic nitrogens is 2. The van der Waals surface area contributed by atoms with Gasteiger partial charge in [-0.2, -0.15) is 5.10 Å². The van der Waals surface area contributed by atoms with Crippen LogP contribution in [0.5, 0.6) is 0 Å². The SMILES string of the molecule is CC(C)(C)CC(=O)N1CCCC1C(=O)NCc1cn(-c2ccccc2)nc1-c1ccccc1. The maximum absolute atomic E-state index is 13.1. The van der Waals surface area contributed by atoms with Gasteiger partial charge in [-0.25, -0.2) is 4.68 Å². The number of benzene rings is 2. The highest BCUT2D eigenvalue weighted by atomic mass is 16.2. The highest BCUT2D eigenvalue weighted by Crippen LogP contribution is 2.26. The Hall–Kier alpha value is -3.41. The summed E-state index contributed by atoms with van der Waals surface area (Å²) in [4.78, 5) is 27.6. The summed E-state index contributed by atoms with van der Waals surface area (Å²) in [5.41, 5.74) is 3.63. The molecule has 0 bridgehead atoms. The number of carbonyl (C=O) groups excluding carboxylic acids is 2. The van der Waals surface area contributed by atoms with Crippen molar-refractivity contribution in [3.05, 3.63) is 72.4 Å². The number of hydrogen-bond acceptors (Lipinski definition) is 3. The number of nitrogens with one attached hydrogen (secondary N) is 1. The fourth-order valence-corrected chi connectivity index (χ4v) is 4.28. The van der Waals surface area contributed by atoms with Crippen molar-refractivity contribution in [1.82, 2.24) is 20.0 Å². The smallest absolute Gasteiger partial charge is 0.243 e. The molecule has 1 N–H and O–H groups in total. The van der Waals surface area contributed by atoms with E-state index in [2.05, 4.69) is 5.32 Å². The summed E-state index contributed by atoms with van der Waals surface area (Å²) in [7, 11) is 0. The molecule has 2 heterocycles. The van der Waals surface area contributed by atoms with Crippen LogP contribution in [0.2, 0.25) is 0 Å². The van der Waals surface area contributed by atoms with E-state index in [1.54, 1.807) is 4.90 Å². The van der Waals surface area contributed by atoms with Gasteiger partial charge >= 0.3 is 0 Å². The molecule has 1 aliphatic rings. The molecule has 33 heavy (non-hydrogen) atoms. The van der Waals surface area contributed by atoms with Crippen LogP contribution in [0, 0.1) is 5.41 Å². The normalized spacial score (nSPS) is 16.1. The Morgan fingerprint density at radius 3 is 2.36 bits per heavy atom. The number of para-hydroxylation sites is 1. The van der Waals surface area contributed by atoms with E-state index < -0.39 is 6.04 Å². The molecule has 0 radical (unpaired) electrons. The van der Waals surface area contributed by atoms with Gasteiger partial charge in [0.15, 0.2) is 0 Å². The van der Waals surface area contributed by atoms with Gasteiger partial charge < -0.3 is 10.2 Å². The zero-order valence-electron chi connectivity index (χ0n) is 19.6. The summed E-state index contributed by atoms with van der Waals surface area (Å²) >= 11 is 0. The van der Waals surface area contributed by atoms with Crippen LogP contribution in [-0.2, 0) is 16.1 Å². The Balaban J connectivity index is 1.52. The van der Waals surface area contributed by atoms with Gasteiger partial charge in [-0.3, -0.25) is 9.59 Å². The molecule has 0 aliphatic carbocycles. The van der Waals surface area contributed by atoms with E-state index in [1.165, 1.54) is 0 Å². The summed E-state index contributed by atoms with van der Waals surface area (Å²) in [6, 6.07) is 19.5. The standard InChI is InChI=1S/C27H32N4O2/c1-27(2,3)17-24(32)30-16-10-15-23(30)26(33)28-18-21-19-31(22-13-8-5-9-14-22)29-25(21)20-11-6-4-7-12-20/h4-9,11-14,19,23H,10,15-18H2,1-3H3,(H,28,33). The van der Waals surface area contributed by atoms with Crippen LogP contribution in [0.3, 0.4) is 0 Å². The van der Waals surface area contributed by atoms with Gasteiger partial charge in [0.05, 0.1) is 11.4 Å². The van der Waals surface area contributed by atoms with Crippen molar-refractivity contribution in [1.29, 1.82) is 0 Å².